The lowest BCUT2D eigenvalue weighted by Gasteiger charge is -2.48. The molecule has 0 aromatic heterocycles. The zero-order valence-electron chi connectivity index (χ0n) is 13.0. The maximum Gasteiger partial charge on any atom is 0.0145 e. The van der Waals surface area contributed by atoms with Gasteiger partial charge in [0.05, 0.1) is 0 Å². The molecule has 0 N–H and O–H groups in total. The van der Waals surface area contributed by atoms with Gasteiger partial charge in [-0.3, -0.25) is 0 Å². The SMILES string of the molecule is CCC(CC)(CBr)CN1CCC2C(CCCN2C)C1. The second-order valence-corrected chi connectivity index (χ2v) is 7.38. The number of nitrogens with zero attached hydrogens (tertiary/aromatic N) is 2. The van der Waals surface area contributed by atoms with Gasteiger partial charge in [0.2, 0.25) is 0 Å². The van der Waals surface area contributed by atoms with Crippen LogP contribution in [0.4, 0.5) is 0 Å². The third-order valence-corrected chi connectivity index (χ3v) is 6.96. The standard InChI is InChI=1S/C16H31BrN2/c1-4-16(5-2,12-17)13-19-10-8-15-14(11-19)7-6-9-18(15)3/h14-15H,4-13H2,1-3H3. The molecule has 0 spiro atoms. The zero-order chi connectivity index (χ0) is 13.9. The topological polar surface area (TPSA) is 6.48 Å². The molecule has 0 aliphatic carbocycles. The van der Waals surface area contributed by atoms with Crippen LogP contribution in [-0.4, -0.2) is 54.4 Å². The average Bonchev–Trinajstić information content (AvgIpc) is 2.45. The van der Waals surface area contributed by atoms with Crippen LogP contribution in [-0.2, 0) is 0 Å². The first-order valence-corrected chi connectivity index (χ1v) is 9.25. The van der Waals surface area contributed by atoms with Crippen molar-refractivity contribution in [1.82, 2.24) is 9.80 Å². The van der Waals surface area contributed by atoms with Crippen molar-refractivity contribution in [3.63, 3.8) is 0 Å². The van der Waals surface area contributed by atoms with Gasteiger partial charge in [0.15, 0.2) is 0 Å². The summed E-state index contributed by atoms with van der Waals surface area (Å²) in [6.07, 6.45) is 6.81. The maximum atomic E-state index is 3.76. The summed E-state index contributed by atoms with van der Waals surface area (Å²) in [6, 6.07) is 0.867. The molecule has 2 saturated heterocycles. The van der Waals surface area contributed by atoms with Crippen molar-refractivity contribution >= 4 is 15.9 Å². The highest BCUT2D eigenvalue weighted by molar-refractivity contribution is 9.09. The van der Waals surface area contributed by atoms with E-state index in [1.165, 1.54) is 58.3 Å². The molecule has 2 aliphatic rings. The number of rotatable bonds is 5. The lowest BCUT2D eigenvalue weighted by Crippen LogP contribution is -2.54. The molecule has 0 amide bonds. The quantitative estimate of drug-likeness (QED) is 0.710. The largest absolute Gasteiger partial charge is 0.303 e. The second-order valence-electron chi connectivity index (χ2n) is 6.81. The third-order valence-electron chi connectivity index (χ3n) is 5.77. The highest BCUT2D eigenvalue weighted by atomic mass is 79.9. The highest BCUT2D eigenvalue weighted by Gasteiger charge is 2.36. The molecule has 2 fully saturated rings. The van der Waals surface area contributed by atoms with Gasteiger partial charge in [-0.15, -0.1) is 0 Å². The van der Waals surface area contributed by atoms with Crippen LogP contribution >= 0.6 is 15.9 Å². The third kappa shape index (κ3) is 3.54. The van der Waals surface area contributed by atoms with E-state index in [4.69, 9.17) is 0 Å². The van der Waals surface area contributed by atoms with E-state index in [9.17, 15) is 0 Å². The molecule has 0 bridgehead atoms. The first-order valence-electron chi connectivity index (χ1n) is 8.12. The van der Waals surface area contributed by atoms with Crippen LogP contribution in [0, 0.1) is 11.3 Å². The molecular weight excluding hydrogens is 300 g/mol. The van der Waals surface area contributed by atoms with Gasteiger partial charge < -0.3 is 9.80 Å². The van der Waals surface area contributed by atoms with Gasteiger partial charge in [0.1, 0.15) is 0 Å². The smallest absolute Gasteiger partial charge is 0.0145 e. The van der Waals surface area contributed by atoms with Crippen molar-refractivity contribution in [3.8, 4) is 0 Å². The summed E-state index contributed by atoms with van der Waals surface area (Å²) in [5.74, 6) is 0.925. The summed E-state index contributed by atoms with van der Waals surface area (Å²) in [6.45, 7) is 9.95. The summed E-state index contributed by atoms with van der Waals surface area (Å²) >= 11 is 3.76. The van der Waals surface area contributed by atoms with Gasteiger partial charge in [-0.2, -0.15) is 0 Å². The summed E-state index contributed by atoms with van der Waals surface area (Å²) in [5.41, 5.74) is 0.493. The molecule has 2 atom stereocenters. The molecule has 0 saturated carbocycles. The minimum absolute atomic E-state index is 0.493. The van der Waals surface area contributed by atoms with Crippen molar-refractivity contribution in [3.05, 3.63) is 0 Å². The van der Waals surface area contributed by atoms with E-state index < -0.39 is 0 Å². The van der Waals surface area contributed by atoms with E-state index in [1.807, 2.05) is 0 Å². The fourth-order valence-corrected chi connectivity index (χ4v) is 5.02. The predicted octanol–water partition coefficient (Wildman–Crippen LogP) is 3.60. The first-order chi connectivity index (χ1) is 9.14. The zero-order valence-corrected chi connectivity index (χ0v) is 14.6. The van der Waals surface area contributed by atoms with Crippen molar-refractivity contribution in [1.29, 1.82) is 0 Å². The van der Waals surface area contributed by atoms with Crippen LogP contribution in [0.5, 0.6) is 0 Å². The Labute approximate surface area is 128 Å². The lowest BCUT2D eigenvalue weighted by atomic mass is 9.80. The number of halogens is 1. The van der Waals surface area contributed by atoms with Crippen LogP contribution in [0.3, 0.4) is 0 Å². The fourth-order valence-electron chi connectivity index (χ4n) is 4.05. The highest BCUT2D eigenvalue weighted by Crippen LogP contribution is 2.34. The molecule has 0 radical (unpaired) electrons. The van der Waals surface area contributed by atoms with E-state index >= 15 is 0 Å². The molecule has 2 unspecified atom stereocenters. The Morgan fingerprint density at radius 3 is 2.53 bits per heavy atom. The Bertz CT molecular complexity index is 270. The average molecular weight is 331 g/mol. The lowest BCUT2D eigenvalue weighted by molar-refractivity contribution is 0.0212. The van der Waals surface area contributed by atoms with Crippen LogP contribution in [0.1, 0.15) is 46.0 Å². The Morgan fingerprint density at radius 2 is 1.89 bits per heavy atom. The minimum Gasteiger partial charge on any atom is -0.303 e. The van der Waals surface area contributed by atoms with E-state index in [2.05, 4.69) is 46.6 Å². The van der Waals surface area contributed by atoms with Crippen LogP contribution in [0.25, 0.3) is 0 Å². The van der Waals surface area contributed by atoms with Crippen LogP contribution < -0.4 is 0 Å². The van der Waals surface area contributed by atoms with Gasteiger partial charge in [0, 0.05) is 24.5 Å². The summed E-state index contributed by atoms with van der Waals surface area (Å²) < 4.78 is 0. The molecule has 2 aliphatic heterocycles. The molecule has 19 heavy (non-hydrogen) atoms. The number of fused-ring (bicyclic) bond motifs is 1. The first kappa shape index (κ1) is 15.8. The molecule has 2 nitrogen and oxygen atoms in total. The number of alkyl halides is 1. The number of likely N-dealkylation sites (tertiary alicyclic amines) is 2. The number of piperidine rings is 2. The van der Waals surface area contributed by atoms with E-state index in [1.54, 1.807) is 0 Å². The van der Waals surface area contributed by atoms with E-state index in [0.717, 1.165) is 17.3 Å². The Hall–Kier alpha value is 0.400. The van der Waals surface area contributed by atoms with Crippen LogP contribution in [0.15, 0.2) is 0 Å². The second kappa shape index (κ2) is 6.91. The van der Waals surface area contributed by atoms with Crippen LogP contribution in [0.2, 0.25) is 0 Å². The van der Waals surface area contributed by atoms with Gasteiger partial charge in [0.25, 0.3) is 0 Å². The van der Waals surface area contributed by atoms with Crippen molar-refractivity contribution in [2.75, 3.05) is 38.6 Å². The monoisotopic (exact) mass is 330 g/mol. The normalized spacial score (nSPS) is 30.3. The van der Waals surface area contributed by atoms with Crippen molar-refractivity contribution in [2.24, 2.45) is 11.3 Å². The molecule has 0 aromatic rings. The summed E-state index contributed by atoms with van der Waals surface area (Å²) in [4.78, 5) is 5.37. The van der Waals surface area contributed by atoms with Gasteiger partial charge in [-0.05, 0) is 63.6 Å². The molecule has 112 valence electrons. The summed E-state index contributed by atoms with van der Waals surface area (Å²) in [7, 11) is 2.33. The molecule has 2 rings (SSSR count). The molecule has 2 heterocycles. The number of hydrogen-bond acceptors (Lipinski definition) is 2. The Balaban J connectivity index is 1.93. The summed E-state index contributed by atoms with van der Waals surface area (Å²) in [5, 5.41) is 1.15. The minimum atomic E-state index is 0.493. The molecular formula is C16H31BrN2. The Kier molecular flexibility index (Phi) is 5.74. The van der Waals surface area contributed by atoms with E-state index in [0.29, 0.717) is 5.41 Å². The van der Waals surface area contributed by atoms with Gasteiger partial charge in [-0.25, -0.2) is 0 Å². The van der Waals surface area contributed by atoms with Gasteiger partial charge in [-0.1, -0.05) is 29.8 Å². The Morgan fingerprint density at radius 1 is 1.16 bits per heavy atom. The number of hydrogen-bond donors (Lipinski definition) is 0. The van der Waals surface area contributed by atoms with Crippen molar-refractivity contribution < 1.29 is 0 Å². The fraction of sp³-hybridized carbons (Fsp3) is 1.00. The predicted molar refractivity (Wildman–Crippen MR) is 87.0 cm³/mol. The van der Waals surface area contributed by atoms with Crippen molar-refractivity contribution in [2.45, 2.75) is 52.0 Å². The van der Waals surface area contributed by atoms with E-state index in [-0.39, 0.29) is 0 Å². The van der Waals surface area contributed by atoms with Gasteiger partial charge >= 0.3 is 0 Å². The maximum absolute atomic E-state index is 3.76. The molecule has 0 aromatic carbocycles. The molecule has 3 heteroatoms.